The van der Waals surface area contributed by atoms with Crippen LogP contribution in [0.4, 0.5) is 4.39 Å². The van der Waals surface area contributed by atoms with Gasteiger partial charge in [0.1, 0.15) is 5.82 Å². The fourth-order valence-corrected chi connectivity index (χ4v) is 1.43. The summed E-state index contributed by atoms with van der Waals surface area (Å²) < 4.78 is 18.0. The van der Waals surface area contributed by atoms with Gasteiger partial charge < -0.3 is 10.1 Å². The number of carbonyl (C=O) groups is 1. The predicted molar refractivity (Wildman–Crippen MR) is 64.0 cm³/mol. The maximum absolute atomic E-state index is 13.0. The Morgan fingerprint density at radius 3 is 2.71 bits per heavy atom. The molecule has 0 radical (unpaired) electrons. The third-order valence-electron chi connectivity index (χ3n) is 2.27. The van der Waals surface area contributed by atoms with Gasteiger partial charge in [0.2, 0.25) is 0 Å². The predicted octanol–water partition coefficient (Wildman–Crippen LogP) is 2.43. The van der Waals surface area contributed by atoms with Crippen LogP contribution in [0, 0.1) is 5.82 Å². The summed E-state index contributed by atoms with van der Waals surface area (Å²) in [6, 6.07) is 6.21. The lowest BCUT2D eigenvalue weighted by molar-refractivity contribution is -0.146. The topological polar surface area (TPSA) is 38.3 Å². The van der Waals surface area contributed by atoms with Crippen LogP contribution in [0.15, 0.2) is 24.3 Å². The van der Waals surface area contributed by atoms with Crippen molar-refractivity contribution in [2.75, 3.05) is 6.54 Å². The Kier molecular flexibility index (Phi) is 5.10. The van der Waals surface area contributed by atoms with Crippen LogP contribution in [-0.2, 0) is 9.53 Å². The minimum Gasteiger partial charge on any atom is -0.462 e. The molecular formula is C13H18FNO2. The number of hydrogen-bond donors (Lipinski definition) is 1. The molecule has 1 rings (SSSR count). The van der Waals surface area contributed by atoms with Crippen LogP contribution in [0.2, 0.25) is 0 Å². The molecule has 0 saturated carbocycles. The Morgan fingerprint density at radius 2 is 2.12 bits per heavy atom. The molecule has 1 N–H and O–H groups in total. The van der Waals surface area contributed by atoms with Crippen molar-refractivity contribution in [1.82, 2.24) is 5.32 Å². The van der Waals surface area contributed by atoms with Crippen LogP contribution in [0.5, 0.6) is 0 Å². The van der Waals surface area contributed by atoms with Crippen LogP contribution in [0.1, 0.15) is 32.4 Å². The lowest BCUT2D eigenvalue weighted by atomic mass is 10.1. The standard InChI is InChI=1S/C13H18FNO2/c1-9(2)17-13(16)8-15-10(3)11-5-4-6-12(14)7-11/h4-7,9-10,15H,8H2,1-3H3/t10-/m0/s1. The number of nitrogens with one attached hydrogen (secondary N) is 1. The largest absolute Gasteiger partial charge is 0.462 e. The number of esters is 1. The number of carbonyl (C=O) groups excluding carboxylic acids is 1. The highest BCUT2D eigenvalue weighted by Crippen LogP contribution is 2.12. The van der Waals surface area contributed by atoms with Gasteiger partial charge in [0.05, 0.1) is 12.6 Å². The van der Waals surface area contributed by atoms with E-state index in [0.717, 1.165) is 5.56 Å². The molecule has 0 spiro atoms. The van der Waals surface area contributed by atoms with Crippen LogP contribution in [0.3, 0.4) is 0 Å². The van der Waals surface area contributed by atoms with Gasteiger partial charge in [-0.05, 0) is 38.5 Å². The van der Waals surface area contributed by atoms with E-state index in [2.05, 4.69) is 5.32 Å². The smallest absolute Gasteiger partial charge is 0.320 e. The molecule has 0 heterocycles. The Morgan fingerprint density at radius 1 is 1.41 bits per heavy atom. The van der Waals surface area contributed by atoms with E-state index < -0.39 is 0 Å². The zero-order valence-corrected chi connectivity index (χ0v) is 10.4. The zero-order chi connectivity index (χ0) is 12.8. The normalized spacial score (nSPS) is 12.5. The van der Waals surface area contributed by atoms with Gasteiger partial charge in [0.25, 0.3) is 0 Å². The summed E-state index contributed by atoms with van der Waals surface area (Å²) >= 11 is 0. The Balaban J connectivity index is 2.44. The first-order valence-electron chi connectivity index (χ1n) is 5.67. The molecule has 0 fully saturated rings. The minimum atomic E-state index is -0.303. The maximum Gasteiger partial charge on any atom is 0.320 e. The van der Waals surface area contributed by atoms with E-state index in [1.165, 1.54) is 12.1 Å². The molecule has 0 unspecified atom stereocenters. The van der Waals surface area contributed by atoms with E-state index in [0.29, 0.717) is 0 Å². The second-order valence-corrected chi connectivity index (χ2v) is 4.20. The highest BCUT2D eigenvalue weighted by Gasteiger charge is 2.09. The van der Waals surface area contributed by atoms with E-state index in [1.807, 2.05) is 13.0 Å². The minimum absolute atomic E-state index is 0.0922. The Bertz CT molecular complexity index is 379. The average molecular weight is 239 g/mol. The molecule has 3 nitrogen and oxygen atoms in total. The van der Waals surface area contributed by atoms with Gasteiger partial charge >= 0.3 is 5.97 Å². The van der Waals surface area contributed by atoms with Crippen LogP contribution in [0.25, 0.3) is 0 Å². The summed E-state index contributed by atoms with van der Waals surface area (Å²) in [5.41, 5.74) is 0.808. The monoisotopic (exact) mass is 239 g/mol. The van der Waals surface area contributed by atoms with Crippen molar-refractivity contribution in [2.45, 2.75) is 32.9 Å². The highest BCUT2D eigenvalue weighted by molar-refractivity contribution is 5.71. The van der Waals surface area contributed by atoms with Crippen molar-refractivity contribution >= 4 is 5.97 Å². The van der Waals surface area contributed by atoms with Crippen molar-refractivity contribution in [3.8, 4) is 0 Å². The van der Waals surface area contributed by atoms with Crippen molar-refractivity contribution in [3.63, 3.8) is 0 Å². The molecule has 0 aliphatic rings. The van der Waals surface area contributed by atoms with Crippen molar-refractivity contribution in [2.24, 2.45) is 0 Å². The molecule has 0 aliphatic heterocycles. The number of halogens is 1. The molecule has 1 aromatic rings. The van der Waals surface area contributed by atoms with E-state index in [4.69, 9.17) is 4.74 Å². The van der Waals surface area contributed by atoms with Crippen LogP contribution < -0.4 is 5.32 Å². The number of benzene rings is 1. The second-order valence-electron chi connectivity index (χ2n) is 4.20. The van der Waals surface area contributed by atoms with Gasteiger partial charge in [-0.15, -0.1) is 0 Å². The molecule has 0 amide bonds. The molecular weight excluding hydrogens is 221 g/mol. The fraction of sp³-hybridized carbons (Fsp3) is 0.462. The summed E-state index contributed by atoms with van der Waals surface area (Å²) in [6.45, 7) is 5.59. The maximum atomic E-state index is 13.0. The van der Waals surface area contributed by atoms with Gasteiger partial charge in [-0.25, -0.2) is 4.39 Å². The summed E-state index contributed by atoms with van der Waals surface area (Å²) in [5, 5.41) is 2.99. The fourth-order valence-electron chi connectivity index (χ4n) is 1.43. The third kappa shape index (κ3) is 4.95. The number of hydrogen-bond acceptors (Lipinski definition) is 3. The van der Waals surface area contributed by atoms with Crippen molar-refractivity contribution in [3.05, 3.63) is 35.6 Å². The number of rotatable bonds is 5. The summed E-state index contributed by atoms with van der Waals surface area (Å²) in [7, 11) is 0. The molecule has 17 heavy (non-hydrogen) atoms. The van der Waals surface area contributed by atoms with E-state index in [1.54, 1.807) is 19.9 Å². The number of ether oxygens (including phenoxy) is 1. The first-order chi connectivity index (χ1) is 7.99. The molecule has 0 aliphatic carbocycles. The summed E-state index contributed by atoms with van der Waals surface area (Å²) in [4.78, 5) is 11.3. The molecule has 0 aromatic heterocycles. The molecule has 1 aromatic carbocycles. The Hall–Kier alpha value is -1.42. The third-order valence-corrected chi connectivity index (χ3v) is 2.27. The molecule has 1 atom stereocenters. The molecule has 94 valence electrons. The van der Waals surface area contributed by atoms with E-state index in [9.17, 15) is 9.18 Å². The lowest BCUT2D eigenvalue weighted by Crippen LogP contribution is -2.28. The van der Waals surface area contributed by atoms with Gasteiger partial charge in [0.15, 0.2) is 0 Å². The van der Waals surface area contributed by atoms with Gasteiger partial charge in [-0.1, -0.05) is 12.1 Å². The first-order valence-corrected chi connectivity index (χ1v) is 5.67. The SMILES string of the molecule is CC(C)OC(=O)CN[C@@H](C)c1cccc(F)c1. The summed E-state index contributed by atoms with van der Waals surface area (Å²) in [6.07, 6.45) is -0.117. The quantitative estimate of drug-likeness (QED) is 0.802. The first kappa shape index (κ1) is 13.6. The van der Waals surface area contributed by atoms with Crippen LogP contribution in [-0.4, -0.2) is 18.6 Å². The van der Waals surface area contributed by atoms with Crippen molar-refractivity contribution in [1.29, 1.82) is 0 Å². The lowest BCUT2D eigenvalue weighted by Gasteiger charge is -2.14. The van der Waals surface area contributed by atoms with Crippen molar-refractivity contribution < 1.29 is 13.9 Å². The molecule has 0 bridgehead atoms. The summed E-state index contributed by atoms with van der Waals surface area (Å²) in [5.74, 6) is -0.579. The average Bonchev–Trinajstić information content (AvgIpc) is 2.25. The molecule has 4 heteroatoms. The highest BCUT2D eigenvalue weighted by atomic mass is 19.1. The van der Waals surface area contributed by atoms with Crippen LogP contribution >= 0.6 is 0 Å². The zero-order valence-electron chi connectivity index (χ0n) is 10.4. The van der Waals surface area contributed by atoms with E-state index >= 15 is 0 Å². The Labute approximate surface area is 101 Å². The van der Waals surface area contributed by atoms with E-state index in [-0.39, 0.29) is 30.5 Å². The van der Waals surface area contributed by atoms with Gasteiger partial charge in [0, 0.05) is 6.04 Å². The van der Waals surface area contributed by atoms with Gasteiger partial charge in [-0.3, -0.25) is 4.79 Å². The second kappa shape index (κ2) is 6.35. The van der Waals surface area contributed by atoms with Gasteiger partial charge in [-0.2, -0.15) is 0 Å². The molecule has 0 saturated heterocycles.